The number of hydrogen-bond acceptors (Lipinski definition) is 11. The number of alkyl halides is 3. The van der Waals surface area contributed by atoms with Gasteiger partial charge in [-0.3, -0.25) is 34.2 Å². The summed E-state index contributed by atoms with van der Waals surface area (Å²) < 4.78 is 20.0. The number of benzene rings is 4. The number of phenolic OH excluding ortho intramolecular Hbond substituents is 1. The van der Waals surface area contributed by atoms with Gasteiger partial charge in [0, 0.05) is 62.1 Å². The van der Waals surface area contributed by atoms with Crippen LogP contribution in [-0.2, 0) is 22.5 Å². The summed E-state index contributed by atoms with van der Waals surface area (Å²) in [5, 5.41) is 18.3. The Morgan fingerprint density at radius 1 is 0.746 bits per heavy atom. The number of amides is 2. The Bertz CT molecular complexity index is 2130. The van der Waals surface area contributed by atoms with Crippen LogP contribution in [-0.4, -0.2) is 82.0 Å². The average molecular weight is 1190 g/mol. The summed E-state index contributed by atoms with van der Waals surface area (Å²) in [7, 11) is 3.05. The Labute approximate surface area is 471 Å². The van der Waals surface area contributed by atoms with Crippen molar-refractivity contribution in [1.29, 1.82) is 0 Å². The van der Waals surface area contributed by atoms with Crippen molar-refractivity contribution in [2.24, 2.45) is 9.98 Å². The van der Waals surface area contributed by atoms with E-state index < -0.39 is 0 Å². The molecule has 59 heavy (non-hydrogen) atoms. The minimum Gasteiger partial charge on any atom is -1.00 e. The van der Waals surface area contributed by atoms with E-state index in [4.69, 9.17) is 24.3 Å². The molecular formula is C41H41I3K2N4O9. The van der Waals surface area contributed by atoms with Crippen LogP contribution in [0, 0.1) is 0 Å². The summed E-state index contributed by atoms with van der Waals surface area (Å²) in [4.78, 5) is 50.1. The topological polar surface area (TPSA) is 163 Å². The monoisotopic (exact) mass is 1190 g/mol. The van der Waals surface area contributed by atoms with Gasteiger partial charge in [0.05, 0.1) is 55.4 Å². The Hall–Kier alpha value is -0.747. The van der Waals surface area contributed by atoms with Crippen LogP contribution in [0.4, 0.5) is 22.7 Å². The zero-order chi connectivity index (χ0) is 40.9. The third-order valence-corrected chi connectivity index (χ3v) is 11.4. The number of aromatic hydroxyl groups is 1. The number of para-hydroxylation sites is 2. The smallest absolute Gasteiger partial charge is 1.00 e. The molecule has 2 atom stereocenters. The largest absolute Gasteiger partial charge is 1.00 e. The van der Waals surface area contributed by atoms with Crippen molar-refractivity contribution in [2.45, 2.75) is 37.8 Å². The fourth-order valence-corrected chi connectivity index (χ4v) is 9.10. The number of halogens is 3. The maximum Gasteiger partial charge on any atom is 1.00 e. The second-order valence-corrected chi connectivity index (χ2v) is 15.8. The van der Waals surface area contributed by atoms with E-state index in [2.05, 4.69) is 88.7 Å². The van der Waals surface area contributed by atoms with Crippen LogP contribution in [0.2, 0.25) is 0 Å². The van der Waals surface area contributed by atoms with Crippen molar-refractivity contribution in [1.82, 2.24) is 0 Å². The zero-order valence-corrected chi connectivity index (χ0v) is 45.8. The Kier molecular flexibility index (Phi) is 23.9. The SMILES string of the molecule is COc1cc2c(cc1O)N=C[C@@H]1Cc3ccccc3N1C2=O.COc1cc2c(cc1OCCCI)N=C[C@@H]1Cc3ccccc3N1C2=O.ICCCI.O=CO[O-].[H-].[K+].[K+]. The quantitative estimate of drug-likeness (QED) is 0.0501. The summed E-state index contributed by atoms with van der Waals surface area (Å²) in [6, 6.07) is 22.3. The van der Waals surface area contributed by atoms with Gasteiger partial charge in [-0.2, -0.15) is 0 Å². The summed E-state index contributed by atoms with van der Waals surface area (Å²) in [6.45, 7) is 0.428. The molecule has 4 heterocycles. The molecule has 0 saturated carbocycles. The van der Waals surface area contributed by atoms with Crippen LogP contribution in [0.1, 0.15) is 46.1 Å². The number of fused-ring (bicyclic) bond motifs is 8. The first kappa shape index (κ1) is 52.6. The molecular weight excluding hydrogens is 1150 g/mol. The van der Waals surface area contributed by atoms with Crippen molar-refractivity contribution in [3.05, 3.63) is 95.1 Å². The van der Waals surface area contributed by atoms with E-state index in [1.165, 1.54) is 34.0 Å². The molecule has 18 heteroatoms. The number of carbonyl (C=O) groups is 3. The fourth-order valence-electron chi connectivity index (χ4n) is 6.56. The number of ether oxygens (including phenoxy) is 3. The van der Waals surface area contributed by atoms with Crippen LogP contribution in [0.25, 0.3) is 0 Å². The average Bonchev–Trinajstić information content (AvgIpc) is 3.73. The number of carbonyl (C=O) groups excluding carboxylic acids is 3. The van der Waals surface area contributed by atoms with Gasteiger partial charge in [0.2, 0.25) is 0 Å². The van der Waals surface area contributed by atoms with Crippen molar-refractivity contribution in [3.63, 3.8) is 0 Å². The van der Waals surface area contributed by atoms with Gasteiger partial charge in [0.25, 0.3) is 18.3 Å². The molecule has 0 bridgehead atoms. The third kappa shape index (κ3) is 13.2. The number of rotatable bonds is 9. The molecule has 0 saturated heterocycles. The first-order valence-electron chi connectivity index (χ1n) is 17.8. The number of phenols is 1. The number of hydrogen-bond donors (Lipinski definition) is 1. The first-order valence-corrected chi connectivity index (χ1v) is 22.4. The third-order valence-electron chi connectivity index (χ3n) is 9.11. The van der Waals surface area contributed by atoms with Crippen molar-refractivity contribution < 1.29 is 148 Å². The van der Waals surface area contributed by atoms with Gasteiger partial charge in [-0.05, 0) is 48.2 Å². The van der Waals surface area contributed by atoms with Gasteiger partial charge < -0.3 is 30.9 Å². The van der Waals surface area contributed by atoms with Crippen molar-refractivity contribution in [2.75, 3.05) is 43.9 Å². The van der Waals surface area contributed by atoms with E-state index in [1.807, 2.05) is 59.6 Å². The Balaban J connectivity index is 0.000000333. The maximum absolute atomic E-state index is 13.3. The zero-order valence-electron chi connectivity index (χ0n) is 34.1. The van der Waals surface area contributed by atoms with Crippen molar-refractivity contribution >= 4 is 121 Å². The molecule has 13 nitrogen and oxygen atoms in total. The predicted molar refractivity (Wildman–Crippen MR) is 245 cm³/mol. The summed E-state index contributed by atoms with van der Waals surface area (Å²) >= 11 is 7.09. The predicted octanol–water partition coefficient (Wildman–Crippen LogP) is 1.68. The Morgan fingerprint density at radius 2 is 1.20 bits per heavy atom. The van der Waals surface area contributed by atoms with E-state index in [-0.39, 0.29) is 146 Å². The molecule has 0 aromatic heterocycles. The molecule has 0 aliphatic carbocycles. The molecule has 8 rings (SSSR count). The number of methoxy groups -OCH3 is 2. The van der Waals surface area contributed by atoms with E-state index in [0.29, 0.717) is 40.6 Å². The van der Waals surface area contributed by atoms with Gasteiger partial charge in [-0.15, -0.1) is 0 Å². The van der Waals surface area contributed by atoms with E-state index in [9.17, 15) is 14.7 Å². The molecule has 0 radical (unpaired) electrons. The van der Waals surface area contributed by atoms with E-state index in [0.717, 1.165) is 40.6 Å². The van der Waals surface area contributed by atoms with E-state index >= 15 is 0 Å². The number of anilines is 2. The maximum atomic E-state index is 13.3. The second kappa shape index (κ2) is 26.8. The standard InChI is InChI=1S/C20H19IN2O3.C17H14N2O3.C3H6I2.CH2O3.2K.H/c1-25-18-10-15-16(11-19(18)26-8-4-7-21)22-12-14-9-13-5-2-3-6-17(13)23(14)20(15)24;1-22-16-7-12-13(8-15(16)20)18-9-11-6-10-4-2-3-5-14(10)19(11)17(12)21;4-2-1-3-5;2-1-4-3;;;/h2-3,5-6,10-12,14H,4,7-9H2,1H3;2-5,7-9,11,20H,6H2,1H3;1-3H2;1,3H;;;/q;;;;2*+1;-1/p-1/t14-;11-;;;;;/m00...../s1. The second-order valence-electron chi connectivity index (χ2n) is 12.6. The normalized spacial score (nSPS) is 15.6. The van der Waals surface area contributed by atoms with Crippen LogP contribution in [0.15, 0.2) is 82.8 Å². The van der Waals surface area contributed by atoms with Gasteiger partial charge in [0.15, 0.2) is 23.0 Å². The minimum absolute atomic E-state index is 0. The number of aliphatic imine (C=N–C) groups is 2. The van der Waals surface area contributed by atoms with Gasteiger partial charge in [-0.1, -0.05) is 104 Å². The van der Waals surface area contributed by atoms with Crippen LogP contribution >= 0.6 is 67.8 Å². The fraction of sp³-hybridized carbons (Fsp3) is 0.293. The van der Waals surface area contributed by atoms with Crippen molar-refractivity contribution in [3.8, 4) is 23.0 Å². The summed E-state index contributed by atoms with van der Waals surface area (Å²) in [5.74, 6) is 1.27. The van der Waals surface area contributed by atoms with Crippen LogP contribution < -0.4 is 132 Å². The van der Waals surface area contributed by atoms with Gasteiger partial charge >= 0.3 is 103 Å². The molecule has 4 aliphatic rings. The summed E-state index contributed by atoms with van der Waals surface area (Å²) in [5.41, 5.74) is 6.27. The number of nitrogens with zero attached hydrogens (tertiary/aromatic N) is 4. The molecule has 302 valence electrons. The molecule has 0 fully saturated rings. The van der Waals surface area contributed by atoms with Crippen LogP contribution in [0.5, 0.6) is 23.0 Å². The molecule has 2 amide bonds. The Morgan fingerprint density at radius 3 is 1.64 bits per heavy atom. The van der Waals surface area contributed by atoms with Gasteiger partial charge in [-0.25, -0.2) is 0 Å². The molecule has 0 spiro atoms. The van der Waals surface area contributed by atoms with E-state index in [1.54, 1.807) is 30.4 Å². The van der Waals surface area contributed by atoms with Crippen LogP contribution in [0.3, 0.4) is 0 Å². The molecule has 4 aliphatic heterocycles. The molecule has 4 aromatic rings. The molecule has 4 aromatic carbocycles. The first-order chi connectivity index (χ1) is 27.7. The summed E-state index contributed by atoms with van der Waals surface area (Å²) in [6.07, 6.45) is 7.50. The molecule has 0 unspecified atom stereocenters. The molecule has 1 N–H and O–H groups in total. The van der Waals surface area contributed by atoms with Gasteiger partial charge in [0.1, 0.15) is 0 Å². The minimum atomic E-state index is -0.181.